The summed E-state index contributed by atoms with van der Waals surface area (Å²) in [6, 6.07) is 0. The summed E-state index contributed by atoms with van der Waals surface area (Å²) in [6.07, 6.45) is 2.20. The third kappa shape index (κ3) is 3.19. The maximum atomic E-state index is 11.6. The van der Waals surface area contributed by atoms with E-state index in [1.807, 2.05) is 11.8 Å². The van der Waals surface area contributed by atoms with E-state index >= 15 is 0 Å². The molecule has 1 atom stereocenters. The highest BCUT2D eigenvalue weighted by Gasteiger charge is 2.44. The topological polar surface area (TPSA) is 60.9 Å². The van der Waals surface area contributed by atoms with Crippen LogP contribution in [0.25, 0.3) is 0 Å². The Kier molecular flexibility index (Phi) is 4.51. The van der Waals surface area contributed by atoms with Gasteiger partial charge < -0.3 is 10.0 Å². The van der Waals surface area contributed by atoms with Crippen molar-refractivity contribution in [1.29, 1.82) is 0 Å². The first-order chi connectivity index (χ1) is 7.91. The van der Waals surface area contributed by atoms with E-state index in [0.29, 0.717) is 32.5 Å². The number of likely N-dealkylation sites (tertiary alicyclic amines) is 1. The van der Waals surface area contributed by atoms with Crippen LogP contribution < -0.4 is 0 Å². The molecule has 1 fully saturated rings. The molecular formula is C12H22N2O3. The first-order valence-electron chi connectivity index (χ1n) is 6.07. The van der Waals surface area contributed by atoms with Crippen LogP contribution in [-0.4, -0.2) is 60.5 Å². The molecule has 98 valence electrons. The number of hydrogen-bond acceptors (Lipinski definition) is 3. The molecular weight excluding hydrogens is 220 g/mol. The van der Waals surface area contributed by atoms with Crippen molar-refractivity contribution < 1.29 is 14.7 Å². The summed E-state index contributed by atoms with van der Waals surface area (Å²) in [7, 11) is 3.43. The highest BCUT2D eigenvalue weighted by molar-refractivity contribution is 5.78. The van der Waals surface area contributed by atoms with Gasteiger partial charge in [0.05, 0.1) is 12.0 Å². The van der Waals surface area contributed by atoms with Crippen LogP contribution in [0.4, 0.5) is 0 Å². The lowest BCUT2D eigenvalue weighted by molar-refractivity contribution is -0.149. The molecule has 1 N–H and O–H groups in total. The van der Waals surface area contributed by atoms with Gasteiger partial charge in [-0.3, -0.25) is 14.5 Å². The number of hydrogen-bond donors (Lipinski definition) is 1. The number of rotatable bonds is 5. The van der Waals surface area contributed by atoms with E-state index in [4.69, 9.17) is 0 Å². The lowest BCUT2D eigenvalue weighted by Gasteiger charge is -2.24. The average molecular weight is 242 g/mol. The maximum absolute atomic E-state index is 11.6. The van der Waals surface area contributed by atoms with Gasteiger partial charge in [-0.1, -0.05) is 13.3 Å². The Labute approximate surface area is 102 Å². The average Bonchev–Trinajstić information content (AvgIpc) is 2.63. The van der Waals surface area contributed by atoms with E-state index in [9.17, 15) is 14.7 Å². The molecule has 1 saturated heterocycles. The number of carboxylic acids is 1. The second-order valence-electron chi connectivity index (χ2n) is 5.08. The fraction of sp³-hybridized carbons (Fsp3) is 0.833. The smallest absolute Gasteiger partial charge is 0.310 e. The zero-order valence-corrected chi connectivity index (χ0v) is 10.9. The molecule has 17 heavy (non-hydrogen) atoms. The summed E-state index contributed by atoms with van der Waals surface area (Å²) in [4.78, 5) is 26.4. The van der Waals surface area contributed by atoms with Crippen molar-refractivity contribution in [1.82, 2.24) is 9.80 Å². The van der Waals surface area contributed by atoms with Gasteiger partial charge in [-0.2, -0.15) is 0 Å². The van der Waals surface area contributed by atoms with Gasteiger partial charge in [-0.15, -0.1) is 0 Å². The van der Waals surface area contributed by atoms with Gasteiger partial charge in [0.25, 0.3) is 0 Å². The molecule has 1 amide bonds. The molecule has 0 radical (unpaired) electrons. The number of likely N-dealkylation sites (N-methyl/N-ethyl adjacent to an activating group) is 1. The normalized spacial score (nSPS) is 24.9. The van der Waals surface area contributed by atoms with Crippen LogP contribution in [0.5, 0.6) is 0 Å². The van der Waals surface area contributed by atoms with Gasteiger partial charge in [0, 0.05) is 20.6 Å². The third-order valence-electron chi connectivity index (χ3n) is 3.47. The van der Waals surface area contributed by atoms with Crippen molar-refractivity contribution in [2.75, 3.05) is 33.7 Å². The monoisotopic (exact) mass is 242 g/mol. The van der Waals surface area contributed by atoms with Gasteiger partial charge in [0.1, 0.15) is 0 Å². The fourth-order valence-corrected chi connectivity index (χ4v) is 2.39. The second kappa shape index (κ2) is 5.49. The predicted molar refractivity (Wildman–Crippen MR) is 64.7 cm³/mol. The zero-order chi connectivity index (χ0) is 13.1. The summed E-state index contributed by atoms with van der Waals surface area (Å²) in [6.45, 7) is 3.52. The van der Waals surface area contributed by atoms with Crippen molar-refractivity contribution in [3.05, 3.63) is 0 Å². The second-order valence-corrected chi connectivity index (χ2v) is 5.08. The van der Waals surface area contributed by atoms with Gasteiger partial charge >= 0.3 is 5.97 Å². The van der Waals surface area contributed by atoms with E-state index in [-0.39, 0.29) is 5.91 Å². The Balaban J connectivity index is 2.61. The van der Waals surface area contributed by atoms with Gasteiger partial charge in [-0.25, -0.2) is 0 Å². The Morgan fingerprint density at radius 1 is 1.41 bits per heavy atom. The molecule has 0 aromatic heterocycles. The number of carbonyl (C=O) groups excluding carboxylic acids is 1. The van der Waals surface area contributed by atoms with Gasteiger partial charge in [-0.05, 0) is 19.4 Å². The van der Waals surface area contributed by atoms with Crippen LogP contribution in [0.15, 0.2) is 0 Å². The molecule has 0 aromatic carbocycles. The van der Waals surface area contributed by atoms with Crippen molar-refractivity contribution in [2.45, 2.75) is 26.2 Å². The van der Waals surface area contributed by atoms with Crippen LogP contribution in [0, 0.1) is 5.41 Å². The summed E-state index contributed by atoms with van der Waals surface area (Å²) in [5.74, 6) is -0.693. The molecule has 1 aliphatic heterocycles. The molecule has 0 aliphatic carbocycles. The number of nitrogens with zero attached hydrogens (tertiary/aromatic N) is 2. The molecule has 5 heteroatoms. The standard InChI is InChI=1S/C12H22N2O3/c1-4-5-12(11(16)17)6-7-14(9-12)8-10(15)13(2)3/h4-9H2,1-3H3,(H,16,17). The van der Waals surface area contributed by atoms with Crippen molar-refractivity contribution in [3.8, 4) is 0 Å². The maximum Gasteiger partial charge on any atom is 0.310 e. The fourth-order valence-electron chi connectivity index (χ4n) is 2.39. The Bertz CT molecular complexity index is 304. The van der Waals surface area contributed by atoms with E-state index in [1.54, 1.807) is 19.0 Å². The number of aliphatic carboxylic acids is 1. The van der Waals surface area contributed by atoms with E-state index in [0.717, 1.165) is 6.42 Å². The molecule has 1 heterocycles. The third-order valence-corrected chi connectivity index (χ3v) is 3.47. The van der Waals surface area contributed by atoms with Crippen LogP contribution in [0.2, 0.25) is 0 Å². The largest absolute Gasteiger partial charge is 0.481 e. The molecule has 1 unspecified atom stereocenters. The van der Waals surface area contributed by atoms with E-state index in [2.05, 4.69) is 0 Å². The molecule has 0 aromatic rings. The van der Waals surface area contributed by atoms with E-state index < -0.39 is 11.4 Å². The Morgan fingerprint density at radius 2 is 2.06 bits per heavy atom. The lowest BCUT2D eigenvalue weighted by atomic mass is 9.83. The van der Waals surface area contributed by atoms with Crippen LogP contribution in [-0.2, 0) is 9.59 Å². The summed E-state index contributed by atoms with van der Waals surface area (Å²) < 4.78 is 0. The molecule has 1 aliphatic rings. The molecule has 0 bridgehead atoms. The van der Waals surface area contributed by atoms with Crippen LogP contribution >= 0.6 is 0 Å². The highest BCUT2D eigenvalue weighted by Crippen LogP contribution is 2.35. The van der Waals surface area contributed by atoms with Gasteiger partial charge in [0.15, 0.2) is 0 Å². The number of carbonyl (C=O) groups is 2. The number of amides is 1. The Morgan fingerprint density at radius 3 is 2.53 bits per heavy atom. The molecule has 0 saturated carbocycles. The van der Waals surface area contributed by atoms with E-state index in [1.165, 1.54) is 0 Å². The van der Waals surface area contributed by atoms with Crippen molar-refractivity contribution in [2.24, 2.45) is 5.41 Å². The lowest BCUT2D eigenvalue weighted by Crippen LogP contribution is -2.39. The summed E-state index contributed by atoms with van der Waals surface area (Å²) >= 11 is 0. The minimum absolute atomic E-state index is 0.0303. The molecule has 0 spiro atoms. The number of carboxylic acid groups (broad SMARTS) is 1. The van der Waals surface area contributed by atoms with Crippen LogP contribution in [0.1, 0.15) is 26.2 Å². The predicted octanol–water partition coefficient (Wildman–Crippen LogP) is 0.651. The highest BCUT2D eigenvalue weighted by atomic mass is 16.4. The quantitative estimate of drug-likeness (QED) is 0.769. The Hall–Kier alpha value is -1.10. The van der Waals surface area contributed by atoms with Crippen molar-refractivity contribution in [3.63, 3.8) is 0 Å². The first-order valence-corrected chi connectivity index (χ1v) is 6.07. The summed E-state index contributed by atoms with van der Waals surface area (Å²) in [5.41, 5.74) is -0.638. The molecule has 5 nitrogen and oxygen atoms in total. The SMILES string of the molecule is CCCC1(C(=O)O)CCN(CC(=O)N(C)C)C1. The zero-order valence-electron chi connectivity index (χ0n) is 10.9. The van der Waals surface area contributed by atoms with Crippen LogP contribution in [0.3, 0.4) is 0 Å². The minimum Gasteiger partial charge on any atom is -0.481 e. The van der Waals surface area contributed by atoms with Gasteiger partial charge in [0.2, 0.25) is 5.91 Å². The first kappa shape index (κ1) is 14.0. The van der Waals surface area contributed by atoms with Crippen molar-refractivity contribution >= 4 is 11.9 Å². The minimum atomic E-state index is -0.723. The molecule has 1 rings (SSSR count). The summed E-state index contributed by atoms with van der Waals surface area (Å²) in [5, 5.41) is 9.33.